The van der Waals surface area contributed by atoms with Crippen molar-refractivity contribution >= 4 is 28.8 Å². The Labute approximate surface area is 116 Å². The van der Waals surface area contributed by atoms with Gasteiger partial charge in [-0.25, -0.2) is 0 Å². The largest absolute Gasteiger partial charge is 0.363 e. The van der Waals surface area contributed by atoms with Crippen LogP contribution >= 0.6 is 22.9 Å². The summed E-state index contributed by atoms with van der Waals surface area (Å²) in [5.41, 5.74) is -0.168. The van der Waals surface area contributed by atoms with Gasteiger partial charge < -0.3 is 15.4 Å². The zero-order valence-electron chi connectivity index (χ0n) is 10.3. The van der Waals surface area contributed by atoms with Gasteiger partial charge in [0.1, 0.15) is 6.61 Å². The van der Waals surface area contributed by atoms with Gasteiger partial charge >= 0.3 is 0 Å². The topological polar surface area (TPSA) is 50.4 Å². The molecule has 1 aliphatic heterocycles. The first-order valence-corrected chi connectivity index (χ1v) is 7.12. The lowest BCUT2D eigenvalue weighted by Crippen LogP contribution is -2.59. The molecule has 1 saturated heterocycles. The fourth-order valence-corrected chi connectivity index (χ4v) is 2.77. The van der Waals surface area contributed by atoms with Crippen LogP contribution in [0.25, 0.3) is 0 Å². The van der Waals surface area contributed by atoms with Gasteiger partial charge in [0.2, 0.25) is 5.91 Å². The summed E-state index contributed by atoms with van der Waals surface area (Å²) in [6.45, 7) is 4.38. The van der Waals surface area contributed by atoms with Crippen LogP contribution in [0.2, 0.25) is 4.34 Å². The minimum atomic E-state index is -0.168. The molecule has 0 aliphatic carbocycles. The number of hydrogen-bond donors (Lipinski definition) is 2. The number of thiophene rings is 1. The van der Waals surface area contributed by atoms with Gasteiger partial charge in [0.15, 0.2) is 0 Å². The van der Waals surface area contributed by atoms with E-state index in [-0.39, 0.29) is 18.1 Å². The minimum Gasteiger partial charge on any atom is -0.363 e. The van der Waals surface area contributed by atoms with Crippen LogP contribution in [0, 0.1) is 0 Å². The number of ether oxygens (including phenoxy) is 1. The molecule has 0 aromatic carbocycles. The van der Waals surface area contributed by atoms with Crippen LogP contribution in [-0.4, -0.2) is 37.7 Å². The lowest BCUT2D eigenvalue weighted by atomic mass is 10.0. The smallest absolute Gasteiger partial charge is 0.246 e. The normalized spacial score (nSPS) is 17.2. The van der Waals surface area contributed by atoms with Crippen LogP contribution in [-0.2, 0) is 16.0 Å². The van der Waals surface area contributed by atoms with Crippen molar-refractivity contribution in [3.8, 4) is 0 Å². The molecule has 0 bridgehead atoms. The second kappa shape index (κ2) is 6.02. The molecule has 4 nitrogen and oxygen atoms in total. The third-order valence-corrected chi connectivity index (χ3v) is 4.16. The van der Waals surface area contributed by atoms with E-state index in [9.17, 15) is 4.79 Å². The average molecular weight is 289 g/mol. The molecule has 1 fully saturated rings. The second-order valence-electron chi connectivity index (χ2n) is 4.65. The maximum Gasteiger partial charge on any atom is 0.246 e. The van der Waals surface area contributed by atoms with E-state index in [0.717, 1.165) is 23.8 Å². The molecular weight excluding hydrogens is 272 g/mol. The molecule has 6 heteroatoms. The maximum absolute atomic E-state index is 11.5. The molecule has 2 rings (SSSR count). The Morgan fingerprint density at radius 2 is 2.39 bits per heavy atom. The van der Waals surface area contributed by atoms with Crippen LogP contribution < -0.4 is 10.6 Å². The molecule has 1 aromatic heterocycles. The van der Waals surface area contributed by atoms with E-state index in [1.165, 1.54) is 4.88 Å². The van der Waals surface area contributed by atoms with Gasteiger partial charge in [-0.3, -0.25) is 4.79 Å². The van der Waals surface area contributed by atoms with Crippen LogP contribution in [0.15, 0.2) is 12.1 Å². The van der Waals surface area contributed by atoms with Crippen molar-refractivity contribution < 1.29 is 9.53 Å². The zero-order chi connectivity index (χ0) is 13.0. The fourth-order valence-electron chi connectivity index (χ4n) is 1.68. The van der Waals surface area contributed by atoms with Crippen molar-refractivity contribution in [3.63, 3.8) is 0 Å². The van der Waals surface area contributed by atoms with Gasteiger partial charge in [-0.2, -0.15) is 0 Å². The minimum absolute atomic E-state index is 0.0641. The van der Waals surface area contributed by atoms with Gasteiger partial charge in [-0.05, 0) is 25.5 Å². The van der Waals surface area contributed by atoms with E-state index >= 15 is 0 Å². The number of nitrogens with one attached hydrogen (secondary N) is 2. The molecule has 1 amide bonds. The lowest BCUT2D eigenvalue weighted by molar-refractivity contribution is -0.135. The van der Waals surface area contributed by atoms with E-state index in [1.807, 2.05) is 19.1 Å². The maximum atomic E-state index is 11.5. The summed E-state index contributed by atoms with van der Waals surface area (Å²) in [4.78, 5) is 12.7. The quantitative estimate of drug-likeness (QED) is 0.833. The van der Waals surface area contributed by atoms with E-state index in [2.05, 4.69) is 10.6 Å². The Hall–Kier alpha value is -0.620. The number of carbonyl (C=O) groups excluding carboxylic acids is 1. The van der Waals surface area contributed by atoms with E-state index in [4.69, 9.17) is 16.3 Å². The SMILES string of the molecule is CC1(OCC(=O)NCCc2ccc(Cl)s2)CNC1. The zero-order valence-corrected chi connectivity index (χ0v) is 11.9. The molecule has 0 spiro atoms. The first-order chi connectivity index (χ1) is 8.57. The van der Waals surface area contributed by atoms with Crippen LogP contribution in [0.1, 0.15) is 11.8 Å². The molecule has 2 heterocycles. The molecule has 2 N–H and O–H groups in total. The highest BCUT2D eigenvalue weighted by Crippen LogP contribution is 2.21. The Bertz CT molecular complexity index is 418. The molecule has 1 aliphatic rings. The van der Waals surface area contributed by atoms with Crippen LogP contribution in [0.5, 0.6) is 0 Å². The van der Waals surface area contributed by atoms with Crippen molar-refractivity contribution in [1.82, 2.24) is 10.6 Å². The van der Waals surface area contributed by atoms with E-state index in [1.54, 1.807) is 11.3 Å². The van der Waals surface area contributed by atoms with Crippen molar-refractivity contribution in [2.75, 3.05) is 26.2 Å². The Balaban J connectivity index is 1.60. The third-order valence-electron chi connectivity index (χ3n) is 2.87. The number of rotatable bonds is 6. The van der Waals surface area contributed by atoms with Gasteiger partial charge in [-0.15, -0.1) is 11.3 Å². The Morgan fingerprint density at radius 1 is 1.61 bits per heavy atom. The molecule has 100 valence electrons. The van der Waals surface area contributed by atoms with Crippen molar-refractivity contribution in [3.05, 3.63) is 21.3 Å². The molecule has 0 unspecified atom stereocenters. The first kappa shape index (κ1) is 13.8. The summed E-state index contributed by atoms with van der Waals surface area (Å²) >= 11 is 7.37. The predicted molar refractivity (Wildman–Crippen MR) is 73.3 cm³/mol. The highest BCUT2D eigenvalue weighted by molar-refractivity contribution is 7.16. The van der Waals surface area contributed by atoms with E-state index < -0.39 is 0 Å². The van der Waals surface area contributed by atoms with Crippen LogP contribution in [0.4, 0.5) is 0 Å². The molecule has 1 aromatic rings. The summed E-state index contributed by atoms with van der Waals surface area (Å²) in [5, 5.41) is 5.97. The second-order valence-corrected chi connectivity index (χ2v) is 6.45. The standard InChI is InChI=1S/C12H17ClN2O2S/c1-12(7-14-8-12)17-6-11(16)15-5-4-9-2-3-10(13)18-9/h2-3,14H,4-8H2,1H3,(H,15,16). The number of carbonyl (C=O) groups is 1. The van der Waals surface area contributed by atoms with Crippen molar-refractivity contribution in [2.45, 2.75) is 18.9 Å². The summed E-state index contributed by atoms with van der Waals surface area (Å²) in [6.07, 6.45) is 0.807. The molecule has 0 saturated carbocycles. The molecular formula is C12H17ClN2O2S. The van der Waals surface area contributed by atoms with Gasteiger partial charge in [0.05, 0.1) is 9.94 Å². The summed E-state index contributed by atoms with van der Waals surface area (Å²) < 4.78 is 6.32. The molecule has 0 radical (unpaired) electrons. The van der Waals surface area contributed by atoms with Crippen molar-refractivity contribution in [2.24, 2.45) is 0 Å². The average Bonchev–Trinajstić information content (AvgIpc) is 2.70. The summed E-state index contributed by atoms with van der Waals surface area (Å²) in [5.74, 6) is -0.0641. The lowest BCUT2D eigenvalue weighted by Gasteiger charge is -2.38. The van der Waals surface area contributed by atoms with Gasteiger partial charge in [0, 0.05) is 24.5 Å². The van der Waals surface area contributed by atoms with Crippen molar-refractivity contribution in [1.29, 1.82) is 0 Å². The van der Waals surface area contributed by atoms with Gasteiger partial charge in [0.25, 0.3) is 0 Å². The highest BCUT2D eigenvalue weighted by atomic mass is 35.5. The Morgan fingerprint density at radius 3 is 2.94 bits per heavy atom. The number of hydrogen-bond acceptors (Lipinski definition) is 4. The number of amides is 1. The molecule has 0 atom stereocenters. The Kier molecular flexibility index (Phi) is 4.61. The first-order valence-electron chi connectivity index (χ1n) is 5.93. The third kappa shape index (κ3) is 3.95. The van der Waals surface area contributed by atoms with E-state index in [0.29, 0.717) is 6.54 Å². The monoisotopic (exact) mass is 288 g/mol. The predicted octanol–water partition coefficient (Wildman–Crippen LogP) is 1.44. The van der Waals surface area contributed by atoms with Crippen LogP contribution in [0.3, 0.4) is 0 Å². The summed E-state index contributed by atoms with van der Waals surface area (Å²) in [6, 6.07) is 3.85. The van der Waals surface area contributed by atoms with Gasteiger partial charge in [-0.1, -0.05) is 11.6 Å². The highest BCUT2D eigenvalue weighted by Gasteiger charge is 2.32. The molecule has 18 heavy (non-hydrogen) atoms. The number of halogens is 1. The fraction of sp³-hybridized carbons (Fsp3) is 0.583. The summed E-state index contributed by atoms with van der Waals surface area (Å²) in [7, 11) is 0.